The highest BCUT2D eigenvalue weighted by Crippen LogP contribution is 2.53. The summed E-state index contributed by atoms with van der Waals surface area (Å²) < 4.78 is 42.3. The Hall–Kier alpha value is -6.13. The number of morpholine rings is 1. The smallest absolute Gasteiger partial charge is 0.363 e. The summed E-state index contributed by atoms with van der Waals surface area (Å²) in [6, 6.07) is 17.8. The monoisotopic (exact) mass is 1100 g/mol. The highest BCUT2D eigenvalue weighted by atomic mass is 32.1. The van der Waals surface area contributed by atoms with Crippen LogP contribution in [-0.4, -0.2) is 151 Å². The fourth-order valence-corrected chi connectivity index (χ4v) is 13.2. The first kappa shape index (κ1) is 54.2. The second-order valence-electron chi connectivity index (χ2n) is 22.3. The molecule has 0 radical (unpaired) electrons. The third-order valence-corrected chi connectivity index (χ3v) is 18.0. The number of nitrogens with zero attached hydrogens (tertiary/aromatic N) is 6. The van der Waals surface area contributed by atoms with Gasteiger partial charge in [0.1, 0.15) is 30.8 Å². The molecule has 10 rings (SSSR count). The molecule has 0 aliphatic carbocycles. The number of ether oxygens (including phenoxy) is 2. The minimum Gasteiger partial charge on any atom is -0.370 e. The van der Waals surface area contributed by atoms with Crippen LogP contribution < -0.4 is 16.3 Å². The molecule has 1 spiro atoms. The van der Waals surface area contributed by atoms with Crippen molar-refractivity contribution < 1.29 is 57.0 Å². The van der Waals surface area contributed by atoms with Crippen molar-refractivity contribution >= 4 is 75.5 Å². The van der Waals surface area contributed by atoms with Crippen LogP contribution in [0.3, 0.4) is 0 Å². The quantitative estimate of drug-likeness (QED) is 0.0937. The van der Waals surface area contributed by atoms with Crippen LogP contribution in [-0.2, 0) is 51.6 Å². The lowest BCUT2D eigenvalue weighted by Gasteiger charge is -2.54. The van der Waals surface area contributed by atoms with Gasteiger partial charge in [-0.2, -0.15) is 0 Å². The molecule has 5 fully saturated rings. The second kappa shape index (κ2) is 21.3. The van der Waals surface area contributed by atoms with Gasteiger partial charge in [0.05, 0.1) is 35.2 Å². The number of halogens is 1. The Kier molecular flexibility index (Phi) is 15.0. The molecular weight excluding hydrogens is 1030 g/mol. The summed E-state index contributed by atoms with van der Waals surface area (Å²) in [6.07, 6.45) is 1.01. The van der Waals surface area contributed by atoms with Crippen LogP contribution in [0.25, 0.3) is 21.1 Å². The summed E-state index contributed by atoms with van der Waals surface area (Å²) in [7, 11) is -3.40. The van der Waals surface area contributed by atoms with Crippen LogP contribution in [0.5, 0.6) is 0 Å². The maximum atomic E-state index is 15.0. The molecular formula is C54H64FN8O12PS. The zero-order chi connectivity index (χ0) is 54.7. The molecule has 6 amide bonds. The van der Waals surface area contributed by atoms with E-state index in [0.29, 0.717) is 40.8 Å². The number of hydrogen-bond acceptors (Lipinski definition) is 12. The fourth-order valence-electron chi connectivity index (χ4n) is 11.7. The van der Waals surface area contributed by atoms with Gasteiger partial charge in [0.2, 0.25) is 35.4 Å². The number of alkyl halides is 1. The topological polar surface area (TPSA) is 242 Å². The standard InChI is InChI=1S/C54H64FN8O12PS/c1-53(2,3)46(57-49(67)42-26-35-25-34(11-14-41(35)77-42)47(55)76(71,72)73)51(69)62-19-16-39(45(62)50(68)61-22-23-74-40(28-61)33-8-6-5-7-9-33)75-29-44(65)60-20-17-54(18-21-60)30-59(31-54)27-32-10-12-36-38(24-32)58(4)52(70)63(36)37-13-15-43(64)56-48(37)66/h5-12,14,24-26,37,39-40,45-47H,13,15-23,27-31H2,1-4H3,(H,57,67)(H,56,64,66)(H2,71,72,73)/t37?,39-,40+,45+,46-,47-/m1/s1. The zero-order valence-electron chi connectivity index (χ0n) is 43.4. The third-order valence-electron chi connectivity index (χ3n) is 15.9. The summed E-state index contributed by atoms with van der Waals surface area (Å²) in [4.78, 5) is 122. The van der Waals surface area contributed by atoms with E-state index >= 15 is 0 Å². The van der Waals surface area contributed by atoms with Crippen molar-refractivity contribution in [3.8, 4) is 0 Å². The van der Waals surface area contributed by atoms with E-state index in [-0.39, 0.29) is 91.4 Å². The van der Waals surface area contributed by atoms with Crippen LogP contribution in [0.4, 0.5) is 4.39 Å². The summed E-state index contributed by atoms with van der Waals surface area (Å²) in [5.74, 6) is -5.04. The number of aromatic nitrogens is 2. The Balaban J connectivity index is 0.789. The van der Waals surface area contributed by atoms with Crippen LogP contribution in [0.1, 0.15) is 97.3 Å². The van der Waals surface area contributed by atoms with Gasteiger partial charge < -0.3 is 39.3 Å². The van der Waals surface area contributed by atoms with Crippen molar-refractivity contribution in [2.24, 2.45) is 17.9 Å². The molecule has 5 aromatic rings. The van der Waals surface area contributed by atoms with Gasteiger partial charge >= 0.3 is 13.3 Å². The molecule has 5 aliphatic rings. The maximum Gasteiger partial charge on any atom is 0.363 e. The number of nitrogens with one attached hydrogen (secondary N) is 2. The summed E-state index contributed by atoms with van der Waals surface area (Å²) in [5.41, 5.74) is 1.88. The number of likely N-dealkylation sites (tertiary alicyclic amines) is 3. The predicted octanol–water partition coefficient (Wildman–Crippen LogP) is 4.53. The van der Waals surface area contributed by atoms with Gasteiger partial charge in [-0.25, -0.2) is 9.18 Å². The van der Waals surface area contributed by atoms with Gasteiger partial charge in [-0.05, 0) is 88.9 Å². The third kappa shape index (κ3) is 11.0. The van der Waals surface area contributed by atoms with E-state index in [0.717, 1.165) is 48.4 Å². The molecule has 1 unspecified atom stereocenters. The van der Waals surface area contributed by atoms with Crippen molar-refractivity contribution in [3.63, 3.8) is 0 Å². The van der Waals surface area contributed by atoms with Crippen molar-refractivity contribution in [1.82, 2.24) is 39.4 Å². The molecule has 5 aliphatic heterocycles. The molecule has 2 aromatic heterocycles. The van der Waals surface area contributed by atoms with E-state index in [1.165, 1.54) is 38.3 Å². The van der Waals surface area contributed by atoms with Crippen LogP contribution in [0.2, 0.25) is 0 Å². The molecule has 7 heterocycles. The van der Waals surface area contributed by atoms with Gasteiger partial charge in [-0.1, -0.05) is 63.2 Å². The maximum absolute atomic E-state index is 15.0. The van der Waals surface area contributed by atoms with Crippen LogP contribution in [0.15, 0.2) is 77.6 Å². The van der Waals surface area contributed by atoms with E-state index in [9.17, 15) is 52.3 Å². The Labute approximate surface area is 447 Å². The fraction of sp³-hybridized carbons (Fsp3) is 0.500. The molecule has 20 nitrogen and oxygen atoms in total. The van der Waals surface area contributed by atoms with Crippen molar-refractivity contribution in [1.29, 1.82) is 0 Å². The first-order valence-electron chi connectivity index (χ1n) is 26.0. The number of benzene rings is 3. The van der Waals surface area contributed by atoms with Crippen LogP contribution >= 0.6 is 18.9 Å². The number of imide groups is 1. The normalized spacial score (nSPS) is 23.0. The lowest BCUT2D eigenvalue weighted by molar-refractivity contribution is -0.156. The highest BCUT2D eigenvalue weighted by Gasteiger charge is 2.50. The highest BCUT2D eigenvalue weighted by molar-refractivity contribution is 7.51. The first-order chi connectivity index (χ1) is 36.6. The second-order valence-corrected chi connectivity index (χ2v) is 25.0. The number of imidazole rings is 1. The number of aryl methyl sites for hydroxylation is 1. The molecule has 0 saturated carbocycles. The number of rotatable bonds is 13. The Morgan fingerprint density at radius 1 is 0.935 bits per heavy atom. The number of carbonyl (C=O) groups is 6. The SMILES string of the molecule is Cn1c(=O)n(C2CCC(=O)NC2=O)c2ccc(CN3CC4(CCN(C(=O)CO[C@@H]5CCN(C(=O)[C@@H](NC(=O)c6cc7cc([C@H](F)P(=O)(O)O)ccc7s6)C(C)(C)C)[C@@H]5C(=O)N5CCO[C@H](c6ccccc6)C5)CC4)C3)cc21. The first-order valence-corrected chi connectivity index (χ1v) is 28.5. The van der Waals surface area contributed by atoms with Gasteiger partial charge in [0, 0.05) is 64.0 Å². The molecule has 23 heteroatoms. The van der Waals surface area contributed by atoms with E-state index in [4.69, 9.17) is 9.47 Å². The van der Waals surface area contributed by atoms with Crippen molar-refractivity contribution in [2.45, 2.75) is 95.7 Å². The molecule has 4 N–H and O–H groups in total. The molecule has 5 saturated heterocycles. The van der Waals surface area contributed by atoms with Gasteiger partial charge in [0.25, 0.3) is 5.91 Å². The Morgan fingerprint density at radius 2 is 1.68 bits per heavy atom. The van der Waals surface area contributed by atoms with Crippen LogP contribution in [0, 0.1) is 10.8 Å². The summed E-state index contributed by atoms with van der Waals surface area (Å²) >= 11 is 1.07. The number of amides is 6. The van der Waals surface area contributed by atoms with Crippen molar-refractivity contribution in [2.75, 3.05) is 59.0 Å². The predicted molar refractivity (Wildman–Crippen MR) is 282 cm³/mol. The molecule has 6 atom stereocenters. The molecule has 0 bridgehead atoms. The van der Waals surface area contributed by atoms with E-state index in [1.54, 1.807) is 37.6 Å². The number of fused-ring (bicyclic) bond motifs is 2. The molecule has 410 valence electrons. The average Bonchev–Trinajstić information content (AvgIpc) is 4.12. The van der Waals surface area contributed by atoms with Gasteiger partial charge in [-0.15, -0.1) is 11.3 Å². The minimum absolute atomic E-state index is 0.0375. The Bertz CT molecular complexity index is 3250. The van der Waals surface area contributed by atoms with E-state index < -0.39 is 67.0 Å². The molecule has 77 heavy (non-hydrogen) atoms. The number of piperidine rings is 2. The van der Waals surface area contributed by atoms with Crippen molar-refractivity contribution in [3.05, 3.63) is 105 Å². The zero-order valence-corrected chi connectivity index (χ0v) is 45.1. The summed E-state index contributed by atoms with van der Waals surface area (Å²) in [5, 5.41) is 5.65. The Morgan fingerprint density at radius 3 is 2.38 bits per heavy atom. The number of hydrogen-bond donors (Lipinski definition) is 4. The lowest BCUT2D eigenvalue weighted by Crippen LogP contribution is -2.61. The number of carbonyl (C=O) groups excluding carboxylic acids is 6. The summed E-state index contributed by atoms with van der Waals surface area (Å²) in [6.45, 7) is 9.35. The van der Waals surface area contributed by atoms with Gasteiger partial charge in [0.15, 0.2) is 0 Å². The van der Waals surface area contributed by atoms with E-state index in [1.807, 2.05) is 48.5 Å². The van der Waals surface area contributed by atoms with Gasteiger partial charge in [-0.3, -0.25) is 52.7 Å². The van der Waals surface area contributed by atoms with E-state index in [2.05, 4.69) is 15.5 Å². The minimum atomic E-state index is -5.08. The molecule has 3 aromatic carbocycles. The number of thiophene rings is 1. The lowest BCUT2D eigenvalue weighted by atomic mass is 9.72. The average molecular weight is 1100 g/mol. The largest absolute Gasteiger partial charge is 0.370 e.